The molecule has 0 aromatic heterocycles. The zero-order valence-corrected chi connectivity index (χ0v) is 13.9. The standard InChI is InChI=1S/C10H9N.C8H9.Zr/c11-10-7-3-5-8-4-1-2-6-9(8)10;1-2-8-6-4-3-5-7-8;/h1-7H,11H2;3-7H,1-2H2;/q;-1;. The number of rotatable bonds is 1. The van der Waals surface area contributed by atoms with Gasteiger partial charge in [-0.25, -0.2) is 0 Å². The molecule has 0 fully saturated rings. The zero-order valence-electron chi connectivity index (χ0n) is 11.4. The molecule has 0 spiro atoms. The van der Waals surface area contributed by atoms with Crippen molar-refractivity contribution in [3.63, 3.8) is 0 Å². The minimum atomic E-state index is 0. The van der Waals surface area contributed by atoms with Crippen LogP contribution in [-0.4, -0.2) is 0 Å². The third-order valence-corrected chi connectivity index (χ3v) is 2.95. The van der Waals surface area contributed by atoms with Crippen LogP contribution in [0.25, 0.3) is 10.8 Å². The van der Waals surface area contributed by atoms with Gasteiger partial charge >= 0.3 is 0 Å². The van der Waals surface area contributed by atoms with Gasteiger partial charge in [-0.1, -0.05) is 72.3 Å². The Morgan fingerprint density at radius 1 is 0.750 bits per heavy atom. The van der Waals surface area contributed by atoms with E-state index in [-0.39, 0.29) is 26.2 Å². The van der Waals surface area contributed by atoms with Crippen molar-refractivity contribution in [2.45, 2.75) is 6.42 Å². The van der Waals surface area contributed by atoms with Crippen LogP contribution in [-0.2, 0) is 32.6 Å². The van der Waals surface area contributed by atoms with E-state index < -0.39 is 0 Å². The summed E-state index contributed by atoms with van der Waals surface area (Å²) in [6.07, 6.45) is 0.890. The molecule has 0 heterocycles. The molecule has 0 aliphatic heterocycles. The molecular formula is C18H18NZr-. The summed E-state index contributed by atoms with van der Waals surface area (Å²) in [4.78, 5) is 0. The van der Waals surface area contributed by atoms with E-state index in [9.17, 15) is 0 Å². The van der Waals surface area contributed by atoms with Crippen molar-refractivity contribution in [2.24, 2.45) is 0 Å². The van der Waals surface area contributed by atoms with E-state index >= 15 is 0 Å². The van der Waals surface area contributed by atoms with Gasteiger partial charge in [0.25, 0.3) is 0 Å². The number of benzene rings is 3. The molecule has 0 bridgehead atoms. The SMILES string of the molecule is Nc1cccc2ccccc12.[CH2-]Cc1ccccc1.[Zr]. The summed E-state index contributed by atoms with van der Waals surface area (Å²) < 4.78 is 0. The molecule has 0 radical (unpaired) electrons. The maximum atomic E-state index is 5.76. The average Bonchev–Trinajstić information content (AvgIpc) is 2.49. The summed E-state index contributed by atoms with van der Waals surface area (Å²) in [5, 5.41) is 2.34. The Morgan fingerprint density at radius 3 is 1.95 bits per heavy atom. The summed E-state index contributed by atoms with van der Waals surface area (Å²) in [5.41, 5.74) is 7.90. The van der Waals surface area contributed by atoms with E-state index in [1.165, 1.54) is 10.9 Å². The molecule has 100 valence electrons. The van der Waals surface area contributed by atoms with E-state index in [0.717, 1.165) is 17.5 Å². The second kappa shape index (κ2) is 8.71. The van der Waals surface area contributed by atoms with Crippen molar-refractivity contribution in [2.75, 3.05) is 5.73 Å². The first-order valence-electron chi connectivity index (χ1n) is 6.37. The van der Waals surface area contributed by atoms with Crippen LogP contribution in [0.2, 0.25) is 0 Å². The number of fused-ring (bicyclic) bond motifs is 1. The third kappa shape index (κ3) is 4.61. The van der Waals surface area contributed by atoms with Gasteiger partial charge in [0.2, 0.25) is 0 Å². The Morgan fingerprint density at radius 2 is 1.35 bits per heavy atom. The Hall–Kier alpha value is -1.40. The van der Waals surface area contributed by atoms with Gasteiger partial charge in [-0.15, -0.1) is 0 Å². The van der Waals surface area contributed by atoms with Gasteiger partial charge < -0.3 is 12.7 Å². The topological polar surface area (TPSA) is 26.0 Å². The van der Waals surface area contributed by atoms with Gasteiger partial charge in [-0.05, 0) is 11.5 Å². The van der Waals surface area contributed by atoms with E-state index in [2.05, 4.69) is 31.2 Å². The first-order valence-corrected chi connectivity index (χ1v) is 6.37. The smallest absolute Gasteiger partial charge is 0.0393 e. The molecule has 3 rings (SSSR count). The quantitative estimate of drug-likeness (QED) is 0.513. The molecule has 0 aliphatic rings. The minimum absolute atomic E-state index is 0. The number of anilines is 1. The maximum absolute atomic E-state index is 5.76. The van der Waals surface area contributed by atoms with E-state index in [1.807, 2.05) is 48.5 Å². The molecule has 0 aliphatic carbocycles. The average molecular weight is 340 g/mol. The minimum Gasteiger partial charge on any atom is -0.398 e. The largest absolute Gasteiger partial charge is 0.398 e. The molecule has 2 heteroatoms. The fraction of sp³-hybridized carbons (Fsp3) is 0.0556. The molecule has 0 atom stereocenters. The molecule has 0 saturated heterocycles. The zero-order chi connectivity index (χ0) is 13.5. The fourth-order valence-corrected chi connectivity index (χ4v) is 1.90. The van der Waals surface area contributed by atoms with Crippen LogP contribution in [0, 0.1) is 6.92 Å². The van der Waals surface area contributed by atoms with Gasteiger partial charge in [0.05, 0.1) is 0 Å². The van der Waals surface area contributed by atoms with E-state index in [4.69, 9.17) is 5.73 Å². The van der Waals surface area contributed by atoms with Crippen molar-refractivity contribution < 1.29 is 26.2 Å². The van der Waals surface area contributed by atoms with Crippen molar-refractivity contribution in [1.29, 1.82) is 0 Å². The second-order valence-electron chi connectivity index (χ2n) is 4.30. The predicted octanol–water partition coefficient (Wildman–Crippen LogP) is 4.48. The van der Waals surface area contributed by atoms with Gasteiger partial charge in [0.15, 0.2) is 0 Å². The van der Waals surface area contributed by atoms with Crippen molar-refractivity contribution in [1.82, 2.24) is 0 Å². The van der Waals surface area contributed by atoms with Gasteiger partial charge in [0.1, 0.15) is 0 Å². The number of nitrogen functional groups attached to an aromatic ring is 1. The van der Waals surface area contributed by atoms with Crippen LogP contribution in [0.5, 0.6) is 0 Å². The van der Waals surface area contributed by atoms with Gasteiger partial charge in [-0.2, -0.15) is 6.42 Å². The molecule has 2 N–H and O–H groups in total. The summed E-state index contributed by atoms with van der Waals surface area (Å²) >= 11 is 0. The normalized spacial score (nSPS) is 9.25. The first-order chi connectivity index (χ1) is 9.31. The van der Waals surface area contributed by atoms with Crippen molar-refractivity contribution >= 4 is 16.5 Å². The second-order valence-corrected chi connectivity index (χ2v) is 4.30. The Labute approximate surface area is 139 Å². The Kier molecular flexibility index (Phi) is 7.25. The summed E-state index contributed by atoms with van der Waals surface area (Å²) in [5.74, 6) is 0. The van der Waals surface area contributed by atoms with Crippen LogP contribution in [0.15, 0.2) is 72.8 Å². The van der Waals surface area contributed by atoms with Crippen molar-refractivity contribution in [3.8, 4) is 0 Å². The van der Waals surface area contributed by atoms with Gasteiger partial charge in [-0.3, -0.25) is 0 Å². The molecule has 0 saturated carbocycles. The molecule has 0 amide bonds. The van der Waals surface area contributed by atoms with Gasteiger partial charge in [0, 0.05) is 37.3 Å². The molecule has 3 aromatic rings. The van der Waals surface area contributed by atoms with Crippen LogP contribution in [0.3, 0.4) is 0 Å². The molecule has 3 aromatic carbocycles. The third-order valence-electron chi connectivity index (χ3n) is 2.95. The summed E-state index contributed by atoms with van der Waals surface area (Å²) in [6, 6.07) is 24.3. The Balaban J connectivity index is 0.000000200. The molecule has 20 heavy (non-hydrogen) atoms. The molecule has 1 nitrogen and oxygen atoms in total. The Bertz CT molecular complexity index is 630. The van der Waals surface area contributed by atoms with Crippen molar-refractivity contribution in [3.05, 3.63) is 85.3 Å². The fourth-order valence-electron chi connectivity index (χ4n) is 1.90. The monoisotopic (exact) mass is 338 g/mol. The number of hydrogen-bond donors (Lipinski definition) is 1. The van der Waals surface area contributed by atoms with Crippen LogP contribution < -0.4 is 5.73 Å². The summed E-state index contributed by atoms with van der Waals surface area (Å²) in [7, 11) is 0. The van der Waals surface area contributed by atoms with E-state index in [1.54, 1.807) is 0 Å². The van der Waals surface area contributed by atoms with Crippen LogP contribution in [0.4, 0.5) is 5.69 Å². The predicted molar refractivity (Wildman–Crippen MR) is 83.9 cm³/mol. The maximum Gasteiger partial charge on any atom is 0.0393 e. The summed E-state index contributed by atoms with van der Waals surface area (Å²) in [6.45, 7) is 3.76. The van der Waals surface area contributed by atoms with Crippen LogP contribution in [0.1, 0.15) is 5.56 Å². The first kappa shape index (κ1) is 16.7. The number of hydrogen-bond acceptors (Lipinski definition) is 1. The molecule has 0 unspecified atom stereocenters. The number of nitrogens with two attached hydrogens (primary N) is 1. The molecular weight excluding hydrogens is 321 g/mol. The van der Waals surface area contributed by atoms with E-state index in [0.29, 0.717) is 0 Å². The van der Waals surface area contributed by atoms with Crippen LogP contribution >= 0.6 is 0 Å².